The Labute approximate surface area is 154 Å². The van der Waals surface area contributed by atoms with Gasteiger partial charge in [-0.1, -0.05) is 28.1 Å². The SMILES string of the molecule is O=C(Nc1ccc(F)c(F)c1)C1CCN(Cc2ccc(Br)cc2)CC1. The molecule has 1 aliphatic heterocycles. The smallest absolute Gasteiger partial charge is 0.227 e. The van der Waals surface area contributed by atoms with Crippen molar-refractivity contribution in [2.45, 2.75) is 19.4 Å². The molecule has 132 valence electrons. The van der Waals surface area contributed by atoms with E-state index in [0.717, 1.165) is 49.1 Å². The maximum atomic E-state index is 13.2. The monoisotopic (exact) mass is 408 g/mol. The molecule has 3 nitrogen and oxygen atoms in total. The van der Waals surface area contributed by atoms with Gasteiger partial charge < -0.3 is 5.32 Å². The average Bonchev–Trinajstić information content (AvgIpc) is 2.61. The van der Waals surface area contributed by atoms with Gasteiger partial charge in [-0.15, -0.1) is 0 Å². The fraction of sp³-hybridized carbons (Fsp3) is 0.316. The Kier molecular flexibility index (Phi) is 5.81. The molecule has 1 heterocycles. The number of piperidine rings is 1. The molecule has 0 spiro atoms. The Morgan fingerprint density at radius 2 is 1.76 bits per heavy atom. The van der Waals surface area contributed by atoms with Crippen LogP contribution in [-0.4, -0.2) is 23.9 Å². The van der Waals surface area contributed by atoms with Crippen molar-refractivity contribution in [3.05, 3.63) is 64.1 Å². The summed E-state index contributed by atoms with van der Waals surface area (Å²) in [6, 6.07) is 11.6. The van der Waals surface area contributed by atoms with E-state index < -0.39 is 11.6 Å². The van der Waals surface area contributed by atoms with E-state index >= 15 is 0 Å². The first-order chi connectivity index (χ1) is 12.0. The summed E-state index contributed by atoms with van der Waals surface area (Å²) < 4.78 is 27.2. The van der Waals surface area contributed by atoms with Crippen molar-refractivity contribution < 1.29 is 13.6 Å². The first kappa shape index (κ1) is 18.0. The first-order valence-electron chi connectivity index (χ1n) is 8.24. The fourth-order valence-electron chi connectivity index (χ4n) is 3.02. The predicted octanol–water partition coefficient (Wildman–Crippen LogP) is 4.58. The van der Waals surface area contributed by atoms with Gasteiger partial charge in [-0.3, -0.25) is 9.69 Å². The normalized spacial score (nSPS) is 16.0. The van der Waals surface area contributed by atoms with Crippen LogP contribution in [0.4, 0.5) is 14.5 Å². The van der Waals surface area contributed by atoms with Crippen molar-refractivity contribution in [1.29, 1.82) is 0 Å². The molecule has 1 fully saturated rings. The lowest BCUT2D eigenvalue weighted by Gasteiger charge is -2.31. The molecule has 3 rings (SSSR count). The van der Waals surface area contributed by atoms with Crippen molar-refractivity contribution >= 4 is 27.5 Å². The number of hydrogen-bond donors (Lipinski definition) is 1. The molecule has 0 unspecified atom stereocenters. The highest BCUT2D eigenvalue weighted by molar-refractivity contribution is 9.10. The predicted molar refractivity (Wildman–Crippen MR) is 97.1 cm³/mol. The molecule has 0 bridgehead atoms. The van der Waals surface area contributed by atoms with E-state index in [4.69, 9.17) is 0 Å². The molecular weight excluding hydrogens is 390 g/mol. The molecule has 1 amide bonds. The molecule has 25 heavy (non-hydrogen) atoms. The van der Waals surface area contributed by atoms with Crippen molar-refractivity contribution in [3.63, 3.8) is 0 Å². The summed E-state index contributed by atoms with van der Waals surface area (Å²) in [5.74, 6) is -2.11. The van der Waals surface area contributed by atoms with Crippen molar-refractivity contribution in [2.75, 3.05) is 18.4 Å². The number of nitrogens with zero attached hydrogens (tertiary/aromatic N) is 1. The lowest BCUT2D eigenvalue weighted by atomic mass is 9.95. The number of hydrogen-bond acceptors (Lipinski definition) is 2. The molecule has 0 aliphatic carbocycles. The highest BCUT2D eigenvalue weighted by Gasteiger charge is 2.25. The second-order valence-electron chi connectivity index (χ2n) is 6.30. The maximum absolute atomic E-state index is 13.2. The van der Waals surface area contributed by atoms with Crippen LogP contribution in [0.25, 0.3) is 0 Å². The van der Waals surface area contributed by atoms with Gasteiger partial charge in [-0.25, -0.2) is 8.78 Å². The van der Waals surface area contributed by atoms with Crippen LogP contribution in [0, 0.1) is 17.6 Å². The number of carbonyl (C=O) groups is 1. The minimum atomic E-state index is -0.956. The number of benzene rings is 2. The van der Waals surface area contributed by atoms with Crippen molar-refractivity contribution in [3.8, 4) is 0 Å². The highest BCUT2D eigenvalue weighted by Crippen LogP contribution is 2.22. The van der Waals surface area contributed by atoms with Gasteiger partial charge in [0, 0.05) is 28.7 Å². The summed E-state index contributed by atoms with van der Waals surface area (Å²) in [5.41, 5.74) is 1.54. The number of likely N-dealkylation sites (tertiary alicyclic amines) is 1. The lowest BCUT2D eigenvalue weighted by molar-refractivity contribution is -0.121. The van der Waals surface area contributed by atoms with Crippen LogP contribution in [0.3, 0.4) is 0 Å². The number of carbonyl (C=O) groups excluding carboxylic acids is 1. The van der Waals surface area contributed by atoms with Crippen LogP contribution in [-0.2, 0) is 11.3 Å². The Morgan fingerprint density at radius 3 is 2.40 bits per heavy atom. The fourth-order valence-corrected chi connectivity index (χ4v) is 3.28. The molecule has 6 heteroatoms. The van der Waals surface area contributed by atoms with Gasteiger partial charge in [0.05, 0.1) is 0 Å². The topological polar surface area (TPSA) is 32.3 Å². The number of rotatable bonds is 4. The van der Waals surface area contributed by atoms with Crippen LogP contribution in [0.5, 0.6) is 0 Å². The standard InChI is InChI=1S/C19H19BrF2N2O/c20-15-3-1-13(2-4-15)12-24-9-7-14(8-10-24)19(25)23-16-5-6-17(21)18(22)11-16/h1-6,11,14H,7-10,12H2,(H,23,25). The summed E-state index contributed by atoms with van der Waals surface area (Å²) in [6.07, 6.45) is 1.51. The van der Waals surface area contributed by atoms with E-state index in [-0.39, 0.29) is 11.8 Å². The van der Waals surface area contributed by atoms with Gasteiger partial charge in [0.2, 0.25) is 5.91 Å². The van der Waals surface area contributed by atoms with E-state index in [1.807, 2.05) is 12.1 Å². The molecular formula is C19H19BrF2N2O. The molecule has 0 aromatic heterocycles. The summed E-state index contributed by atoms with van der Waals surface area (Å²) in [7, 11) is 0. The van der Waals surface area contributed by atoms with E-state index in [1.165, 1.54) is 11.6 Å². The molecule has 2 aromatic carbocycles. The van der Waals surface area contributed by atoms with Crippen LogP contribution < -0.4 is 5.32 Å². The Balaban J connectivity index is 1.50. The molecule has 0 atom stereocenters. The zero-order valence-corrected chi connectivity index (χ0v) is 15.2. The minimum absolute atomic E-state index is 0.103. The van der Waals surface area contributed by atoms with Gasteiger partial charge in [0.15, 0.2) is 11.6 Å². The van der Waals surface area contributed by atoms with Crippen LogP contribution >= 0.6 is 15.9 Å². The lowest BCUT2D eigenvalue weighted by Crippen LogP contribution is -2.37. The Hall–Kier alpha value is -1.79. The van der Waals surface area contributed by atoms with E-state index in [9.17, 15) is 13.6 Å². The van der Waals surface area contributed by atoms with Crippen molar-refractivity contribution in [2.24, 2.45) is 5.92 Å². The second kappa shape index (κ2) is 8.06. The molecule has 0 saturated carbocycles. The van der Waals surface area contributed by atoms with Gasteiger partial charge in [-0.2, -0.15) is 0 Å². The molecule has 1 N–H and O–H groups in total. The summed E-state index contributed by atoms with van der Waals surface area (Å²) in [5, 5.41) is 2.68. The maximum Gasteiger partial charge on any atom is 0.227 e. The first-order valence-corrected chi connectivity index (χ1v) is 9.03. The number of halogens is 3. The number of amides is 1. The van der Waals surface area contributed by atoms with Gasteiger partial charge in [0.25, 0.3) is 0 Å². The third kappa shape index (κ3) is 4.86. The summed E-state index contributed by atoms with van der Waals surface area (Å²) >= 11 is 3.43. The van der Waals surface area contributed by atoms with Gasteiger partial charge in [0.1, 0.15) is 0 Å². The van der Waals surface area contributed by atoms with E-state index in [0.29, 0.717) is 5.69 Å². The van der Waals surface area contributed by atoms with Crippen LogP contribution in [0.2, 0.25) is 0 Å². The zero-order chi connectivity index (χ0) is 17.8. The van der Waals surface area contributed by atoms with Crippen LogP contribution in [0.1, 0.15) is 18.4 Å². The average molecular weight is 409 g/mol. The summed E-state index contributed by atoms with van der Waals surface area (Å²) in [4.78, 5) is 14.6. The summed E-state index contributed by atoms with van der Waals surface area (Å²) in [6.45, 7) is 2.54. The van der Waals surface area contributed by atoms with E-state index in [2.05, 4.69) is 38.3 Å². The minimum Gasteiger partial charge on any atom is -0.326 e. The second-order valence-corrected chi connectivity index (χ2v) is 7.21. The Bertz CT molecular complexity index is 744. The molecule has 1 aliphatic rings. The zero-order valence-electron chi connectivity index (χ0n) is 13.6. The van der Waals surface area contributed by atoms with Crippen molar-refractivity contribution in [1.82, 2.24) is 4.90 Å². The molecule has 0 radical (unpaired) electrons. The van der Waals surface area contributed by atoms with Crippen LogP contribution in [0.15, 0.2) is 46.9 Å². The third-order valence-corrected chi connectivity index (χ3v) is 4.99. The molecule has 1 saturated heterocycles. The third-order valence-electron chi connectivity index (χ3n) is 4.46. The number of nitrogens with one attached hydrogen (secondary N) is 1. The number of anilines is 1. The highest BCUT2D eigenvalue weighted by atomic mass is 79.9. The largest absolute Gasteiger partial charge is 0.326 e. The van der Waals surface area contributed by atoms with Gasteiger partial charge in [-0.05, 0) is 55.8 Å². The molecule has 2 aromatic rings. The van der Waals surface area contributed by atoms with Gasteiger partial charge >= 0.3 is 0 Å². The quantitative estimate of drug-likeness (QED) is 0.802. The Morgan fingerprint density at radius 1 is 1.08 bits per heavy atom. The van der Waals surface area contributed by atoms with E-state index in [1.54, 1.807) is 0 Å².